The molecule has 2 aromatic carbocycles. The number of nitrogens with zero attached hydrogens (tertiary/aromatic N) is 1. The lowest BCUT2D eigenvalue weighted by Gasteiger charge is -2.45. The minimum absolute atomic E-state index is 0.0128. The van der Waals surface area contributed by atoms with Gasteiger partial charge in [-0.1, -0.05) is 81.5 Å². The van der Waals surface area contributed by atoms with E-state index >= 15 is 4.39 Å². The van der Waals surface area contributed by atoms with Crippen molar-refractivity contribution in [3.05, 3.63) is 77.1 Å². The lowest BCUT2D eigenvalue weighted by atomic mass is 9.73. The van der Waals surface area contributed by atoms with E-state index in [1.807, 2.05) is 6.92 Å². The molecular weight excluding hydrogens is 663 g/mol. The summed E-state index contributed by atoms with van der Waals surface area (Å²) >= 11 is 0. The van der Waals surface area contributed by atoms with Crippen LogP contribution >= 0.6 is 0 Å². The van der Waals surface area contributed by atoms with Gasteiger partial charge in [-0.2, -0.15) is 26.3 Å². The van der Waals surface area contributed by atoms with Gasteiger partial charge in [-0.25, -0.2) is 12.8 Å². The summed E-state index contributed by atoms with van der Waals surface area (Å²) in [5.41, 5.74) is -7.29. The van der Waals surface area contributed by atoms with Crippen LogP contribution in [0, 0.1) is 12.3 Å². The third-order valence-corrected chi connectivity index (χ3v) is 12.7. The van der Waals surface area contributed by atoms with Gasteiger partial charge in [0.25, 0.3) is 0 Å². The van der Waals surface area contributed by atoms with Crippen LogP contribution in [0.25, 0.3) is 0 Å². The van der Waals surface area contributed by atoms with Gasteiger partial charge in [0.15, 0.2) is 9.84 Å². The first kappa shape index (κ1) is 37.7. The second kappa shape index (κ2) is 13.7. The Kier molecular flexibility index (Phi) is 10.7. The molecule has 5 rings (SSSR count). The third-order valence-electron chi connectivity index (χ3n) is 10.2. The standard InChI is InChI=1S/C30H32F7NO3S.C5H10O/c1-19-6-10-22(11-7-19)42(40,41)27-16-17-38(25(39)26(2)14-4-3-5-15-26)24(27)13-8-20-18-21(9-12-23(20)27)28(31,29(32,33)34)30(35,36)37;1-2-3-4-5-6/h6-7,9-12,18,24H,3-5,8,13-17H2,1-2H3;4-6H,2-3H2,1H3/b;5-4+. The zero-order chi connectivity index (χ0) is 35.8. The average molecular weight is 706 g/mol. The normalized spacial score (nSPS) is 22.9. The molecule has 1 saturated carbocycles. The molecule has 13 heteroatoms. The number of allylic oxidation sites excluding steroid dienone is 1. The summed E-state index contributed by atoms with van der Waals surface area (Å²) in [5, 5.41) is 8.02. The molecule has 2 atom stereocenters. The van der Waals surface area contributed by atoms with Crippen LogP contribution in [-0.2, 0) is 31.5 Å². The molecule has 0 aromatic heterocycles. The van der Waals surface area contributed by atoms with Crippen molar-refractivity contribution >= 4 is 15.7 Å². The number of benzene rings is 2. The van der Waals surface area contributed by atoms with Crippen molar-refractivity contribution in [2.75, 3.05) is 6.54 Å². The van der Waals surface area contributed by atoms with Crippen LogP contribution in [0.15, 0.2) is 59.7 Å². The zero-order valence-electron chi connectivity index (χ0n) is 27.2. The van der Waals surface area contributed by atoms with Gasteiger partial charge in [0.2, 0.25) is 5.91 Å². The fourth-order valence-corrected chi connectivity index (χ4v) is 9.90. The lowest BCUT2D eigenvalue weighted by Crippen LogP contribution is -2.55. The molecule has 266 valence electrons. The minimum Gasteiger partial charge on any atom is -0.516 e. The number of fused-ring (bicyclic) bond motifs is 3. The van der Waals surface area contributed by atoms with E-state index in [1.165, 1.54) is 12.1 Å². The van der Waals surface area contributed by atoms with Gasteiger partial charge in [-0.3, -0.25) is 4.79 Å². The van der Waals surface area contributed by atoms with Crippen LogP contribution in [0.1, 0.15) is 93.9 Å². The predicted octanol–water partition coefficient (Wildman–Crippen LogP) is 9.33. The number of carbonyl (C=O) groups is 1. The van der Waals surface area contributed by atoms with Gasteiger partial charge in [0.1, 0.15) is 4.75 Å². The Morgan fingerprint density at radius 3 is 2.08 bits per heavy atom. The molecule has 2 unspecified atom stereocenters. The number of carbonyl (C=O) groups excluding carboxylic acids is 1. The highest BCUT2D eigenvalue weighted by molar-refractivity contribution is 7.92. The molecule has 2 aliphatic carbocycles. The molecule has 0 radical (unpaired) electrons. The molecule has 2 aromatic rings. The van der Waals surface area contributed by atoms with E-state index in [0.29, 0.717) is 25.0 Å². The number of aryl methyl sites for hydroxylation is 2. The van der Waals surface area contributed by atoms with E-state index < -0.39 is 49.6 Å². The van der Waals surface area contributed by atoms with Crippen LogP contribution < -0.4 is 0 Å². The largest absolute Gasteiger partial charge is 0.516 e. The van der Waals surface area contributed by atoms with Gasteiger partial charge in [-0.05, 0) is 68.7 Å². The fraction of sp³-hybridized carbons (Fsp3) is 0.571. The second-order valence-corrected chi connectivity index (χ2v) is 15.5. The van der Waals surface area contributed by atoms with Gasteiger partial charge >= 0.3 is 18.0 Å². The third kappa shape index (κ3) is 6.35. The Morgan fingerprint density at radius 1 is 0.958 bits per heavy atom. The Morgan fingerprint density at radius 2 is 1.56 bits per heavy atom. The Balaban J connectivity index is 0.000000794. The van der Waals surface area contributed by atoms with Crippen LogP contribution in [0.4, 0.5) is 30.7 Å². The van der Waals surface area contributed by atoms with E-state index in [1.54, 1.807) is 30.0 Å². The van der Waals surface area contributed by atoms with E-state index in [9.17, 15) is 39.6 Å². The van der Waals surface area contributed by atoms with E-state index in [2.05, 4.69) is 6.92 Å². The average Bonchev–Trinajstić information content (AvgIpc) is 3.44. The number of halogens is 7. The van der Waals surface area contributed by atoms with Crippen molar-refractivity contribution < 1.29 is 49.1 Å². The topological polar surface area (TPSA) is 74.7 Å². The van der Waals surface area contributed by atoms with Gasteiger partial charge in [0, 0.05) is 17.5 Å². The zero-order valence-corrected chi connectivity index (χ0v) is 28.0. The van der Waals surface area contributed by atoms with Crippen LogP contribution in [0.5, 0.6) is 0 Å². The monoisotopic (exact) mass is 705 g/mol. The summed E-state index contributed by atoms with van der Waals surface area (Å²) in [5.74, 6) is -0.190. The van der Waals surface area contributed by atoms with Crippen molar-refractivity contribution in [3.8, 4) is 0 Å². The fourth-order valence-electron chi connectivity index (χ4n) is 7.53. The highest BCUT2D eigenvalue weighted by Gasteiger charge is 2.74. The molecule has 48 heavy (non-hydrogen) atoms. The maximum atomic E-state index is 15.0. The summed E-state index contributed by atoms with van der Waals surface area (Å²) < 4.78 is 124. The molecular formula is C35H42F7NO4S. The summed E-state index contributed by atoms with van der Waals surface area (Å²) in [6.07, 6.45) is -3.95. The first-order valence-corrected chi connectivity index (χ1v) is 17.7. The summed E-state index contributed by atoms with van der Waals surface area (Å²) in [4.78, 5) is 15.5. The molecule has 2 fully saturated rings. The number of aliphatic hydroxyl groups is 1. The minimum atomic E-state index is -6.30. The highest BCUT2D eigenvalue weighted by atomic mass is 32.2. The molecule has 0 bridgehead atoms. The molecule has 5 nitrogen and oxygen atoms in total. The molecule has 0 spiro atoms. The maximum absolute atomic E-state index is 15.0. The van der Waals surface area contributed by atoms with Crippen molar-refractivity contribution in [1.82, 2.24) is 4.90 Å². The van der Waals surface area contributed by atoms with Crippen LogP contribution in [0.2, 0.25) is 0 Å². The second-order valence-electron chi connectivity index (χ2n) is 13.3. The number of hydrogen-bond donors (Lipinski definition) is 1. The van der Waals surface area contributed by atoms with E-state index in [0.717, 1.165) is 50.0 Å². The number of amides is 1. The molecule has 3 aliphatic rings. The quantitative estimate of drug-likeness (QED) is 0.240. The maximum Gasteiger partial charge on any atom is 0.435 e. The Labute approximate surface area is 277 Å². The number of likely N-dealkylation sites (tertiary alicyclic amines) is 1. The summed E-state index contributed by atoms with van der Waals surface area (Å²) in [6.45, 7) is 5.75. The number of rotatable bonds is 6. The van der Waals surface area contributed by atoms with Gasteiger partial charge in [-0.15, -0.1) is 0 Å². The lowest BCUT2D eigenvalue weighted by molar-refractivity contribution is -0.348. The van der Waals surface area contributed by atoms with E-state index in [-0.39, 0.29) is 47.7 Å². The van der Waals surface area contributed by atoms with Crippen molar-refractivity contribution in [2.45, 2.75) is 119 Å². The molecule has 1 heterocycles. The first-order chi connectivity index (χ1) is 22.3. The number of unbranched alkanes of at least 4 members (excludes halogenated alkanes) is 1. The van der Waals surface area contributed by atoms with Crippen LogP contribution in [-0.4, -0.2) is 49.3 Å². The molecule has 1 N–H and O–H groups in total. The number of hydrogen-bond acceptors (Lipinski definition) is 4. The smallest absolute Gasteiger partial charge is 0.435 e. The summed E-state index contributed by atoms with van der Waals surface area (Å²) in [6, 6.07) is 6.90. The Bertz CT molecular complexity index is 1580. The van der Waals surface area contributed by atoms with E-state index in [4.69, 9.17) is 5.11 Å². The number of alkyl halides is 7. The Hall–Kier alpha value is -3.09. The molecule has 1 amide bonds. The highest BCUT2D eigenvalue weighted by Crippen LogP contribution is 2.57. The SMILES string of the molecule is CCC/C=C/O.Cc1ccc(S(=O)(=O)C23CCN(C(=O)C4(C)CCCCC4)C2CCc2cc(C(F)(C(F)(F)F)C(F)(F)F)ccc23)cc1. The van der Waals surface area contributed by atoms with Crippen molar-refractivity contribution in [2.24, 2.45) is 5.41 Å². The molecule has 1 aliphatic heterocycles. The van der Waals surface area contributed by atoms with Crippen molar-refractivity contribution in [1.29, 1.82) is 0 Å². The summed E-state index contributed by atoms with van der Waals surface area (Å²) in [7, 11) is -4.34. The van der Waals surface area contributed by atoms with Gasteiger partial charge in [0.05, 0.1) is 17.2 Å². The number of sulfone groups is 1. The molecule has 1 saturated heterocycles. The number of aliphatic hydroxyl groups excluding tert-OH is 1. The predicted molar refractivity (Wildman–Crippen MR) is 168 cm³/mol. The first-order valence-electron chi connectivity index (χ1n) is 16.2. The van der Waals surface area contributed by atoms with Crippen molar-refractivity contribution in [3.63, 3.8) is 0 Å². The van der Waals surface area contributed by atoms with Gasteiger partial charge < -0.3 is 10.0 Å². The van der Waals surface area contributed by atoms with Crippen LogP contribution in [0.3, 0.4) is 0 Å².